The van der Waals surface area contributed by atoms with Gasteiger partial charge in [0, 0.05) is 29.4 Å². The molecule has 0 spiro atoms. The molecule has 1 aliphatic rings. The van der Waals surface area contributed by atoms with Crippen molar-refractivity contribution in [3.05, 3.63) is 54.6 Å². The van der Waals surface area contributed by atoms with Crippen LogP contribution in [0.3, 0.4) is 0 Å². The molecule has 0 saturated heterocycles. The van der Waals surface area contributed by atoms with Crippen LogP contribution in [-0.4, -0.2) is 45.3 Å². The number of aromatic nitrogens is 3. The second-order valence-corrected chi connectivity index (χ2v) is 7.67. The zero-order valence-electron chi connectivity index (χ0n) is 17.6. The maximum atomic E-state index is 14.6. The summed E-state index contributed by atoms with van der Waals surface area (Å²) < 4.78 is 20.0. The molecule has 0 bridgehead atoms. The molecule has 0 unspecified atom stereocenters. The van der Waals surface area contributed by atoms with Crippen molar-refractivity contribution in [2.45, 2.75) is 37.8 Å². The Kier molecular flexibility index (Phi) is 6.44. The van der Waals surface area contributed by atoms with Gasteiger partial charge in [-0.2, -0.15) is 0 Å². The number of hydrogen-bond acceptors (Lipinski definition) is 6. The van der Waals surface area contributed by atoms with Gasteiger partial charge in [0.25, 0.3) is 0 Å². The third kappa shape index (κ3) is 4.93. The Morgan fingerprint density at radius 3 is 2.59 bits per heavy atom. The largest absolute Gasteiger partial charge is 0.481 e. The first-order chi connectivity index (χ1) is 15.5. The van der Waals surface area contributed by atoms with Gasteiger partial charge in [0.05, 0.1) is 13.3 Å². The van der Waals surface area contributed by atoms with Crippen LogP contribution in [0.5, 0.6) is 5.88 Å². The summed E-state index contributed by atoms with van der Waals surface area (Å²) in [4.78, 5) is 23.6. The third-order valence-electron chi connectivity index (χ3n) is 5.54. The number of rotatable bonds is 6. The summed E-state index contributed by atoms with van der Waals surface area (Å²) in [5, 5.41) is 14.6. The van der Waals surface area contributed by atoms with Gasteiger partial charge >= 0.3 is 6.09 Å². The van der Waals surface area contributed by atoms with E-state index in [1.165, 1.54) is 6.20 Å². The predicted octanol–water partition coefficient (Wildman–Crippen LogP) is 4.34. The summed E-state index contributed by atoms with van der Waals surface area (Å²) in [6, 6.07) is 11.2. The van der Waals surface area contributed by atoms with Crippen LogP contribution in [0.15, 0.2) is 48.8 Å². The van der Waals surface area contributed by atoms with Gasteiger partial charge in [-0.1, -0.05) is 18.2 Å². The molecule has 166 valence electrons. The summed E-state index contributed by atoms with van der Waals surface area (Å²) in [5.41, 5.74) is 2.46. The van der Waals surface area contributed by atoms with Crippen molar-refractivity contribution in [3.63, 3.8) is 0 Å². The molecule has 1 saturated carbocycles. The normalized spacial score (nSPS) is 18.1. The smallest absolute Gasteiger partial charge is 0.404 e. The molecular formula is C23H24FN5O3. The quantitative estimate of drug-likeness (QED) is 0.526. The average Bonchev–Trinajstić information content (AvgIpc) is 2.81. The van der Waals surface area contributed by atoms with Crippen LogP contribution in [0, 0.1) is 5.82 Å². The molecular weight excluding hydrogens is 413 g/mol. The van der Waals surface area contributed by atoms with Crippen LogP contribution >= 0.6 is 0 Å². The lowest BCUT2D eigenvalue weighted by Crippen LogP contribution is -2.39. The highest BCUT2D eigenvalue weighted by atomic mass is 19.1. The molecule has 4 rings (SSSR count). The predicted molar refractivity (Wildman–Crippen MR) is 118 cm³/mol. The Hall–Kier alpha value is -3.75. The fourth-order valence-electron chi connectivity index (χ4n) is 3.99. The average molecular weight is 437 g/mol. The van der Waals surface area contributed by atoms with E-state index >= 15 is 0 Å². The molecule has 1 amide bonds. The van der Waals surface area contributed by atoms with Gasteiger partial charge < -0.3 is 20.5 Å². The van der Waals surface area contributed by atoms with E-state index in [1.54, 1.807) is 19.4 Å². The summed E-state index contributed by atoms with van der Waals surface area (Å²) in [7, 11) is 1.56. The molecule has 0 atom stereocenters. The molecule has 0 aliphatic heterocycles. The van der Waals surface area contributed by atoms with Gasteiger partial charge in [-0.05, 0) is 49.4 Å². The number of carbonyl (C=O) groups is 1. The van der Waals surface area contributed by atoms with E-state index in [0.29, 0.717) is 17.4 Å². The highest BCUT2D eigenvalue weighted by Gasteiger charge is 2.23. The zero-order valence-corrected chi connectivity index (χ0v) is 17.6. The van der Waals surface area contributed by atoms with Gasteiger partial charge in [-0.15, -0.1) is 0 Å². The third-order valence-corrected chi connectivity index (χ3v) is 5.54. The molecule has 8 nitrogen and oxygen atoms in total. The summed E-state index contributed by atoms with van der Waals surface area (Å²) in [6.07, 6.45) is 4.83. The Morgan fingerprint density at radius 2 is 1.84 bits per heavy atom. The maximum Gasteiger partial charge on any atom is 0.404 e. The first-order valence-corrected chi connectivity index (χ1v) is 10.4. The van der Waals surface area contributed by atoms with E-state index < -0.39 is 11.9 Å². The van der Waals surface area contributed by atoms with Crippen molar-refractivity contribution in [2.24, 2.45) is 0 Å². The van der Waals surface area contributed by atoms with Crippen LogP contribution in [-0.2, 0) is 0 Å². The molecule has 3 aromatic rings. The van der Waals surface area contributed by atoms with Crippen molar-refractivity contribution >= 4 is 12.0 Å². The van der Waals surface area contributed by atoms with E-state index in [9.17, 15) is 9.18 Å². The van der Waals surface area contributed by atoms with Gasteiger partial charge in [0.2, 0.25) is 11.8 Å². The number of anilines is 1. The summed E-state index contributed by atoms with van der Waals surface area (Å²) in [6.45, 7) is 0. The van der Waals surface area contributed by atoms with Crippen molar-refractivity contribution in [1.29, 1.82) is 0 Å². The lowest BCUT2D eigenvalue weighted by molar-refractivity contribution is 0.185. The zero-order chi connectivity index (χ0) is 22.5. The molecule has 1 aromatic carbocycles. The first-order valence-electron chi connectivity index (χ1n) is 10.4. The van der Waals surface area contributed by atoms with Gasteiger partial charge in [0.1, 0.15) is 5.69 Å². The number of nitrogens with one attached hydrogen (secondary N) is 2. The highest BCUT2D eigenvalue weighted by Crippen LogP contribution is 2.31. The minimum Gasteiger partial charge on any atom is -0.481 e. The van der Waals surface area contributed by atoms with Crippen molar-refractivity contribution < 1.29 is 19.0 Å². The van der Waals surface area contributed by atoms with E-state index in [-0.39, 0.29) is 17.8 Å². The molecule has 0 radical (unpaired) electrons. The molecule has 1 fully saturated rings. The van der Waals surface area contributed by atoms with Crippen LogP contribution in [0.2, 0.25) is 0 Å². The number of halogens is 1. The minimum absolute atomic E-state index is 0.0394. The number of methoxy groups -OCH3 is 1. The van der Waals surface area contributed by atoms with Gasteiger partial charge in [0.15, 0.2) is 5.82 Å². The van der Waals surface area contributed by atoms with Crippen LogP contribution < -0.4 is 15.4 Å². The second-order valence-electron chi connectivity index (χ2n) is 7.67. The Balaban J connectivity index is 1.53. The highest BCUT2D eigenvalue weighted by molar-refractivity contribution is 5.74. The second kappa shape index (κ2) is 9.59. The number of pyridine rings is 1. The Bertz CT molecular complexity index is 1100. The summed E-state index contributed by atoms with van der Waals surface area (Å²) >= 11 is 0. The fraction of sp³-hybridized carbons (Fsp3) is 0.304. The van der Waals surface area contributed by atoms with Crippen LogP contribution in [0.4, 0.5) is 15.1 Å². The first kappa shape index (κ1) is 21.5. The van der Waals surface area contributed by atoms with Gasteiger partial charge in [-0.3, -0.25) is 0 Å². The van der Waals surface area contributed by atoms with E-state index in [0.717, 1.165) is 36.8 Å². The number of carboxylic acid groups (broad SMARTS) is 1. The lowest BCUT2D eigenvalue weighted by Gasteiger charge is -2.28. The lowest BCUT2D eigenvalue weighted by atomic mass is 9.91. The SMILES string of the molecule is COc1ncccc1-c1cccc(-c2nc(NC3CCC(NC(=O)O)CC3)ncc2F)c1. The topological polar surface area (TPSA) is 109 Å². The minimum atomic E-state index is -1.00. The monoisotopic (exact) mass is 437 g/mol. The molecule has 2 aromatic heterocycles. The maximum absolute atomic E-state index is 14.6. The van der Waals surface area contributed by atoms with Gasteiger partial charge in [-0.25, -0.2) is 24.1 Å². The van der Waals surface area contributed by atoms with Crippen molar-refractivity contribution in [2.75, 3.05) is 12.4 Å². The van der Waals surface area contributed by atoms with E-state index in [2.05, 4.69) is 25.6 Å². The molecule has 9 heteroatoms. The number of amides is 1. The molecule has 32 heavy (non-hydrogen) atoms. The fourth-order valence-corrected chi connectivity index (χ4v) is 3.99. The Morgan fingerprint density at radius 1 is 1.09 bits per heavy atom. The number of benzene rings is 1. The van der Waals surface area contributed by atoms with Crippen molar-refractivity contribution in [1.82, 2.24) is 20.3 Å². The molecule has 2 heterocycles. The number of ether oxygens (including phenoxy) is 1. The van der Waals surface area contributed by atoms with E-state index in [1.807, 2.05) is 30.3 Å². The standard InChI is InChI=1S/C23H24FN5O3/c1-32-21-18(6-3-11-25-21)14-4-2-5-15(12-14)20-19(24)13-26-22(29-20)27-16-7-9-17(10-8-16)28-23(30)31/h2-6,11-13,16-17,28H,7-10H2,1H3,(H,30,31)(H,26,27,29). The van der Waals surface area contributed by atoms with Crippen LogP contribution in [0.25, 0.3) is 22.4 Å². The molecule has 3 N–H and O–H groups in total. The number of hydrogen-bond donors (Lipinski definition) is 3. The molecule has 1 aliphatic carbocycles. The van der Waals surface area contributed by atoms with Crippen molar-refractivity contribution in [3.8, 4) is 28.3 Å². The number of nitrogens with zero attached hydrogens (tertiary/aromatic N) is 3. The van der Waals surface area contributed by atoms with Crippen LogP contribution in [0.1, 0.15) is 25.7 Å². The Labute approximate surface area is 184 Å². The summed E-state index contributed by atoms with van der Waals surface area (Å²) in [5.74, 6) is 0.323. The van der Waals surface area contributed by atoms with E-state index in [4.69, 9.17) is 9.84 Å².